The summed E-state index contributed by atoms with van der Waals surface area (Å²) in [6, 6.07) is 9.59. The standard InChI is InChI=1S/C18H26BrN/c1-2-11-20-17(12-13-7-9-14(19)10-8-13)18-15-5-3-4-6-16(15)18/h7-10,15-18,20H,2-6,11-12H2,1H3. The average molecular weight is 336 g/mol. The van der Waals surface area contributed by atoms with E-state index in [0.29, 0.717) is 6.04 Å². The summed E-state index contributed by atoms with van der Waals surface area (Å²) >= 11 is 3.53. The highest BCUT2D eigenvalue weighted by Gasteiger charge is 2.53. The third-order valence-electron chi connectivity index (χ3n) is 5.21. The van der Waals surface area contributed by atoms with Gasteiger partial charge in [-0.15, -0.1) is 0 Å². The van der Waals surface area contributed by atoms with Crippen molar-refractivity contribution in [2.75, 3.05) is 6.54 Å². The Balaban J connectivity index is 1.65. The van der Waals surface area contributed by atoms with Gasteiger partial charge in [0.1, 0.15) is 0 Å². The molecule has 20 heavy (non-hydrogen) atoms. The lowest BCUT2D eigenvalue weighted by molar-refractivity contribution is 0.428. The first-order chi connectivity index (χ1) is 9.79. The van der Waals surface area contributed by atoms with Crippen LogP contribution in [0.2, 0.25) is 0 Å². The van der Waals surface area contributed by atoms with Crippen LogP contribution in [0.1, 0.15) is 44.6 Å². The number of hydrogen-bond acceptors (Lipinski definition) is 1. The van der Waals surface area contributed by atoms with Gasteiger partial charge in [0, 0.05) is 10.5 Å². The van der Waals surface area contributed by atoms with Crippen LogP contribution >= 0.6 is 15.9 Å². The van der Waals surface area contributed by atoms with Gasteiger partial charge in [-0.05, 0) is 67.7 Å². The molecule has 2 heteroatoms. The predicted molar refractivity (Wildman–Crippen MR) is 88.9 cm³/mol. The summed E-state index contributed by atoms with van der Waals surface area (Å²) in [6.07, 6.45) is 8.34. The minimum absolute atomic E-state index is 0.698. The van der Waals surface area contributed by atoms with E-state index < -0.39 is 0 Å². The van der Waals surface area contributed by atoms with E-state index in [1.54, 1.807) is 0 Å². The Kier molecular flexibility index (Phi) is 4.83. The van der Waals surface area contributed by atoms with Gasteiger partial charge in [-0.2, -0.15) is 0 Å². The number of rotatable bonds is 6. The first-order valence-electron chi connectivity index (χ1n) is 8.27. The van der Waals surface area contributed by atoms with Crippen molar-refractivity contribution in [2.24, 2.45) is 17.8 Å². The second kappa shape index (κ2) is 6.62. The summed E-state index contributed by atoms with van der Waals surface area (Å²) in [6.45, 7) is 3.43. The molecule has 0 radical (unpaired) electrons. The van der Waals surface area contributed by atoms with E-state index in [9.17, 15) is 0 Å². The lowest BCUT2D eigenvalue weighted by Gasteiger charge is -2.19. The van der Waals surface area contributed by atoms with Crippen molar-refractivity contribution in [3.63, 3.8) is 0 Å². The van der Waals surface area contributed by atoms with Crippen molar-refractivity contribution >= 4 is 15.9 Å². The molecule has 0 bridgehead atoms. The molecule has 0 amide bonds. The number of hydrogen-bond donors (Lipinski definition) is 1. The van der Waals surface area contributed by atoms with Crippen molar-refractivity contribution < 1.29 is 0 Å². The summed E-state index contributed by atoms with van der Waals surface area (Å²) in [4.78, 5) is 0. The first-order valence-corrected chi connectivity index (χ1v) is 9.06. The van der Waals surface area contributed by atoms with Crippen LogP contribution in [0.5, 0.6) is 0 Å². The van der Waals surface area contributed by atoms with E-state index in [1.165, 1.54) is 48.6 Å². The van der Waals surface area contributed by atoms with Crippen LogP contribution in [-0.4, -0.2) is 12.6 Å². The summed E-state index contributed by atoms with van der Waals surface area (Å²) in [7, 11) is 0. The molecule has 2 aliphatic rings. The van der Waals surface area contributed by atoms with Crippen LogP contribution in [0.4, 0.5) is 0 Å². The van der Waals surface area contributed by atoms with Gasteiger partial charge in [0.15, 0.2) is 0 Å². The topological polar surface area (TPSA) is 12.0 Å². The molecule has 3 rings (SSSR count). The van der Waals surface area contributed by atoms with Crippen LogP contribution < -0.4 is 5.32 Å². The summed E-state index contributed by atoms with van der Waals surface area (Å²) < 4.78 is 1.18. The largest absolute Gasteiger partial charge is 0.313 e. The fourth-order valence-electron chi connectivity index (χ4n) is 4.19. The van der Waals surface area contributed by atoms with Gasteiger partial charge in [-0.25, -0.2) is 0 Å². The number of fused-ring (bicyclic) bond motifs is 1. The Labute approximate surface area is 131 Å². The second-order valence-corrected chi connectivity index (χ2v) is 7.50. The van der Waals surface area contributed by atoms with E-state index in [-0.39, 0.29) is 0 Å². The van der Waals surface area contributed by atoms with Crippen molar-refractivity contribution in [1.82, 2.24) is 5.32 Å². The highest BCUT2D eigenvalue weighted by molar-refractivity contribution is 9.10. The zero-order chi connectivity index (χ0) is 13.9. The lowest BCUT2D eigenvalue weighted by atomic mass is 9.99. The van der Waals surface area contributed by atoms with E-state index >= 15 is 0 Å². The van der Waals surface area contributed by atoms with Crippen LogP contribution in [-0.2, 0) is 6.42 Å². The second-order valence-electron chi connectivity index (χ2n) is 6.58. The normalized spacial score (nSPS) is 29.8. The Hall–Kier alpha value is -0.340. The Bertz CT molecular complexity index is 416. The van der Waals surface area contributed by atoms with Crippen molar-refractivity contribution in [2.45, 2.75) is 51.5 Å². The molecule has 0 heterocycles. The van der Waals surface area contributed by atoms with Gasteiger partial charge >= 0.3 is 0 Å². The molecule has 2 aliphatic carbocycles. The van der Waals surface area contributed by atoms with Crippen molar-refractivity contribution in [3.05, 3.63) is 34.3 Å². The van der Waals surface area contributed by atoms with E-state index in [4.69, 9.17) is 0 Å². The average Bonchev–Trinajstić information content (AvgIpc) is 3.20. The Morgan fingerprint density at radius 1 is 1.15 bits per heavy atom. The van der Waals surface area contributed by atoms with E-state index in [1.807, 2.05) is 0 Å². The zero-order valence-electron chi connectivity index (χ0n) is 12.4. The third kappa shape index (κ3) is 3.28. The maximum atomic E-state index is 3.84. The molecule has 0 saturated heterocycles. The van der Waals surface area contributed by atoms with Crippen LogP contribution in [0.15, 0.2) is 28.7 Å². The number of benzene rings is 1. The highest BCUT2D eigenvalue weighted by atomic mass is 79.9. The van der Waals surface area contributed by atoms with Gasteiger partial charge in [-0.3, -0.25) is 0 Å². The number of halogens is 1. The fraction of sp³-hybridized carbons (Fsp3) is 0.667. The first kappa shape index (κ1) is 14.6. The molecule has 0 aromatic heterocycles. The van der Waals surface area contributed by atoms with E-state index in [0.717, 1.165) is 24.3 Å². The predicted octanol–water partition coefficient (Wildman–Crippen LogP) is 4.80. The minimum Gasteiger partial charge on any atom is -0.313 e. The van der Waals surface area contributed by atoms with Crippen LogP contribution in [0, 0.1) is 17.8 Å². The van der Waals surface area contributed by atoms with E-state index in [2.05, 4.69) is 52.4 Å². The van der Waals surface area contributed by atoms with Gasteiger partial charge in [0.2, 0.25) is 0 Å². The fourth-order valence-corrected chi connectivity index (χ4v) is 4.46. The molecule has 1 aromatic rings. The molecule has 1 N–H and O–H groups in total. The molecule has 2 fully saturated rings. The molecular formula is C18H26BrN. The smallest absolute Gasteiger partial charge is 0.0175 e. The monoisotopic (exact) mass is 335 g/mol. The third-order valence-corrected chi connectivity index (χ3v) is 5.74. The molecule has 0 spiro atoms. The molecule has 110 valence electrons. The molecule has 2 saturated carbocycles. The summed E-state index contributed by atoms with van der Waals surface area (Å²) in [5.41, 5.74) is 1.48. The minimum atomic E-state index is 0.698. The lowest BCUT2D eigenvalue weighted by Crippen LogP contribution is -2.34. The molecule has 0 aliphatic heterocycles. The SMILES string of the molecule is CCCNC(Cc1ccc(Br)cc1)C1C2CCCCC21. The Morgan fingerprint density at radius 3 is 2.40 bits per heavy atom. The molecule has 1 aromatic carbocycles. The maximum absolute atomic E-state index is 3.84. The molecule has 3 unspecified atom stereocenters. The van der Waals surface area contributed by atoms with Gasteiger partial charge in [0.05, 0.1) is 0 Å². The molecular weight excluding hydrogens is 310 g/mol. The van der Waals surface area contributed by atoms with Crippen molar-refractivity contribution in [3.8, 4) is 0 Å². The van der Waals surface area contributed by atoms with Crippen LogP contribution in [0.25, 0.3) is 0 Å². The quantitative estimate of drug-likeness (QED) is 0.787. The Morgan fingerprint density at radius 2 is 1.80 bits per heavy atom. The van der Waals surface area contributed by atoms with Gasteiger partial charge in [-0.1, -0.05) is 47.8 Å². The van der Waals surface area contributed by atoms with Crippen molar-refractivity contribution in [1.29, 1.82) is 0 Å². The van der Waals surface area contributed by atoms with Gasteiger partial charge < -0.3 is 5.32 Å². The number of nitrogens with one attached hydrogen (secondary N) is 1. The summed E-state index contributed by atoms with van der Waals surface area (Å²) in [5, 5.41) is 3.84. The molecule has 1 nitrogen and oxygen atoms in total. The van der Waals surface area contributed by atoms with Crippen LogP contribution in [0.3, 0.4) is 0 Å². The van der Waals surface area contributed by atoms with Gasteiger partial charge in [0.25, 0.3) is 0 Å². The zero-order valence-corrected chi connectivity index (χ0v) is 14.0. The highest BCUT2D eigenvalue weighted by Crippen LogP contribution is 2.57. The summed E-state index contributed by atoms with van der Waals surface area (Å²) in [5.74, 6) is 3.02. The maximum Gasteiger partial charge on any atom is 0.0175 e. The molecule has 3 atom stereocenters.